The third-order valence-electron chi connectivity index (χ3n) is 5.32. The van der Waals surface area contributed by atoms with Gasteiger partial charge in [0.1, 0.15) is 6.04 Å². The average Bonchev–Trinajstić information content (AvgIpc) is 3.05. The predicted octanol–water partition coefficient (Wildman–Crippen LogP) is 1.98. The number of carbonyl (C=O) groups is 2. The minimum Gasteiger partial charge on any atom is -0.351 e. The summed E-state index contributed by atoms with van der Waals surface area (Å²) in [4.78, 5) is 27.2. The third-order valence-corrected chi connectivity index (χ3v) is 5.32. The zero-order valence-electron chi connectivity index (χ0n) is 14.1. The molecule has 24 heavy (non-hydrogen) atoms. The highest BCUT2D eigenvalue weighted by Crippen LogP contribution is 2.29. The van der Waals surface area contributed by atoms with Crippen molar-refractivity contribution >= 4 is 11.8 Å². The van der Waals surface area contributed by atoms with Crippen molar-refractivity contribution in [1.82, 2.24) is 10.2 Å². The molecule has 2 amide bonds. The van der Waals surface area contributed by atoms with Gasteiger partial charge in [-0.3, -0.25) is 9.59 Å². The van der Waals surface area contributed by atoms with Gasteiger partial charge in [-0.15, -0.1) is 0 Å². The van der Waals surface area contributed by atoms with Crippen LogP contribution in [0.25, 0.3) is 0 Å². The van der Waals surface area contributed by atoms with E-state index in [0.29, 0.717) is 25.4 Å². The van der Waals surface area contributed by atoms with E-state index in [1.54, 1.807) is 4.90 Å². The SMILES string of the molecule is NCC1CCCC1NC(=O)C(c1ccccc1)N1CCCCC1=O. The van der Waals surface area contributed by atoms with E-state index in [2.05, 4.69) is 5.32 Å². The fourth-order valence-electron chi connectivity index (χ4n) is 3.98. The van der Waals surface area contributed by atoms with Crippen LogP contribution < -0.4 is 11.1 Å². The van der Waals surface area contributed by atoms with Gasteiger partial charge in [0.25, 0.3) is 0 Å². The molecule has 3 unspecified atom stereocenters. The first-order valence-corrected chi connectivity index (χ1v) is 9.05. The van der Waals surface area contributed by atoms with Crippen molar-refractivity contribution in [2.45, 2.75) is 50.6 Å². The Bertz CT molecular complexity index is 575. The van der Waals surface area contributed by atoms with Gasteiger partial charge in [0, 0.05) is 19.0 Å². The fourth-order valence-corrected chi connectivity index (χ4v) is 3.98. The predicted molar refractivity (Wildman–Crippen MR) is 93.1 cm³/mol. The first-order valence-electron chi connectivity index (χ1n) is 9.05. The third kappa shape index (κ3) is 3.61. The lowest BCUT2D eigenvalue weighted by molar-refractivity contribution is -0.143. The van der Waals surface area contributed by atoms with Gasteiger partial charge >= 0.3 is 0 Å². The smallest absolute Gasteiger partial charge is 0.247 e. The molecule has 1 aromatic rings. The lowest BCUT2D eigenvalue weighted by Gasteiger charge is -2.35. The van der Waals surface area contributed by atoms with Gasteiger partial charge < -0.3 is 16.0 Å². The minimum atomic E-state index is -0.530. The van der Waals surface area contributed by atoms with Crippen LogP contribution in [0.4, 0.5) is 0 Å². The van der Waals surface area contributed by atoms with Crippen molar-refractivity contribution in [3.05, 3.63) is 35.9 Å². The molecule has 2 aliphatic rings. The maximum atomic E-state index is 13.1. The molecule has 1 aliphatic heterocycles. The summed E-state index contributed by atoms with van der Waals surface area (Å²) in [5.74, 6) is 0.358. The summed E-state index contributed by atoms with van der Waals surface area (Å²) in [6, 6.07) is 9.23. The molecule has 1 aromatic carbocycles. The summed E-state index contributed by atoms with van der Waals surface area (Å²) in [7, 11) is 0. The number of rotatable bonds is 5. The molecule has 0 aromatic heterocycles. The van der Waals surface area contributed by atoms with Crippen LogP contribution >= 0.6 is 0 Å². The molecule has 1 aliphatic carbocycles. The number of hydrogen-bond acceptors (Lipinski definition) is 3. The number of nitrogens with two attached hydrogens (primary N) is 1. The Kier molecular flexibility index (Phi) is 5.51. The fraction of sp³-hybridized carbons (Fsp3) is 0.579. The number of hydrogen-bond donors (Lipinski definition) is 2. The highest BCUT2D eigenvalue weighted by molar-refractivity contribution is 5.89. The van der Waals surface area contributed by atoms with Crippen molar-refractivity contribution in [1.29, 1.82) is 0 Å². The molecule has 5 heteroatoms. The molecule has 0 bridgehead atoms. The van der Waals surface area contributed by atoms with Gasteiger partial charge in [0.15, 0.2) is 0 Å². The Morgan fingerprint density at radius 1 is 1.21 bits per heavy atom. The summed E-state index contributed by atoms with van der Waals surface area (Å²) in [6.07, 6.45) is 5.55. The first kappa shape index (κ1) is 17.0. The summed E-state index contributed by atoms with van der Waals surface area (Å²) >= 11 is 0. The number of nitrogens with zero attached hydrogens (tertiary/aromatic N) is 1. The van der Waals surface area contributed by atoms with Crippen LogP contribution in [-0.2, 0) is 9.59 Å². The largest absolute Gasteiger partial charge is 0.351 e. The number of amides is 2. The second-order valence-electron chi connectivity index (χ2n) is 6.90. The molecule has 1 saturated carbocycles. The quantitative estimate of drug-likeness (QED) is 0.867. The van der Waals surface area contributed by atoms with Crippen LogP contribution in [0.5, 0.6) is 0 Å². The molecule has 5 nitrogen and oxygen atoms in total. The van der Waals surface area contributed by atoms with Crippen LogP contribution in [-0.4, -0.2) is 35.8 Å². The first-order chi connectivity index (χ1) is 11.7. The van der Waals surface area contributed by atoms with E-state index in [-0.39, 0.29) is 17.9 Å². The van der Waals surface area contributed by atoms with E-state index in [9.17, 15) is 9.59 Å². The molecule has 0 radical (unpaired) electrons. The lowest BCUT2D eigenvalue weighted by Crippen LogP contribution is -2.49. The topological polar surface area (TPSA) is 75.4 Å². The standard InChI is InChI=1S/C19H27N3O2/c20-13-15-9-6-10-16(15)21-19(24)18(14-7-2-1-3-8-14)22-12-5-4-11-17(22)23/h1-3,7-8,15-16,18H,4-6,9-13,20H2,(H,21,24). The Labute approximate surface area is 143 Å². The molecule has 2 fully saturated rings. The van der Waals surface area contributed by atoms with Gasteiger partial charge in [-0.1, -0.05) is 36.8 Å². The number of carbonyl (C=O) groups excluding carboxylic acids is 2. The van der Waals surface area contributed by atoms with Crippen molar-refractivity contribution in [3.8, 4) is 0 Å². The van der Waals surface area contributed by atoms with E-state index >= 15 is 0 Å². The molecular formula is C19H27N3O2. The van der Waals surface area contributed by atoms with Gasteiger partial charge in [-0.25, -0.2) is 0 Å². The van der Waals surface area contributed by atoms with Gasteiger partial charge in [-0.05, 0) is 43.7 Å². The molecule has 1 heterocycles. The Balaban J connectivity index is 1.81. The zero-order chi connectivity index (χ0) is 16.9. The van der Waals surface area contributed by atoms with E-state index in [0.717, 1.165) is 37.7 Å². The normalized spacial score (nSPS) is 25.5. The average molecular weight is 329 g/mol. The maximum Gasteiger partial charge on any atom is 0.247 e. The zero-order valence-corrected chi connectivity index (χ0v) is 14.1. The second-order valence-corrected chi connectivity index (χ2v) is 6.90. The molecule has 130 valence electrons. The lowest BCUT2D eigenvalue weighted by atomic mass is 9.98. The summed E-state index contributed by atoms with van der Waals surface area (Å²) in [5, 5.41) is 3.18. The van der Waals surface area contributed by atoms with Crippen LogP contribution in [0.2, 0.25) is 0 Å². The Morgan fingerprint density at radius 3 is 2.71 bits per heavy atom. The number of piperidine rings is 1. The maximum absolute atomic E-state index is 13.1. The highest BCUT2D eigenvalue weighted by atomic mass is 16.2. The van der Waals surface area contributed by atoms with E-state index < -0.39 is 6.04 Å². The second kappa shape index (κ2) is 7.79. The van der Waals surface area contributed by atoms with Crippen LogP contribution in [0.15, 0.2) is 30.3 Å². The van der Waals surface area contributed by atoms with E-state index in [1.165, 1.54) is 0 Å². The number of benzene rings is 1. The van der Waals surface area contributed by atoms with Gasteiger partial charge in [0.2, 0.25) is 11.8 Å². The van der Waals surface area contributed by atoms with Crippen LogP contribution in [0, 0.1) is 5.92 Å². The Morgan fingerprint density at radius 2 is 2.00 bits per heavy atom. The monoisotopic (exact) mass is 329 g/mol. The molecule has 1 saturated heterocycles. The molecule has 3 rings (SSSR count). The summed E-state index contributed by atoms with van der Waals surface area (Å²) in [5.41, 5.74) is 6.72. The molecule has 0 spiro atoms. The van der Waals surface area contributed by atoms with Crippen molar-refractivity contribution in [2.75, 3.05) is 13.1 Å². The number of nitrogens with one attached hydrogen (secondary N) is 1. The van der Waals surface area contributed by atoms with E-state index in [4.69, 9.17) is 5.73 Å². The molecule has 3 atom stereocenters. The summed E-state index contributed by atoms with van der Waals surface area (Å²) in [6.45, 7) is 1.25. The minimum absolute atomic E-state index is 0.0678. The van der Waals surface area contributed by atoms with E-state index in [1.807, 2.05) is 30.3 Å². The van der Waals surface area contributed by atoms with Gasteiger partial charge in [0.05, 0.1) is 0 Å². The van der Waals surface area contributed by atoms with Crippen LogP contribution in [0.1, 0.15) is 50.1 Å². The highest BCUT2D eigenvalue weighted by Gasteiger charge is 2.35. The van der Waals surface area contributed by atoms with Gasteiger partial charge in [-0.2, -0.15) is 0 Å². The number of likely N-dealkylation sites (tertiary alicyclic amines) is 1. The van der Waals surface area contributed by atoms with Crippen molar-refractivity contribution < 1.29 is 9.59 Å². The molecular weight excluding hydrogens is 302 g/mol. The van der Waals surface area contributed by atoms with Crippen LogP contribution in [0.3, 0.4) is 0 Å². The molecule has 3 N–H and O–H groups in total. The van der Waals surface area contributed by atoms with Crippen molar-refractivity contribution in [3.63, 3.8) is 0 Å². The summed E-state index contributed by atoms with van der Waals surface area (Å²) < 4.78 is 0. The van der Waals surface area contributed by atoms with Crippen molar-refractivity contribution in [2.24, 2.45) is 11.7 Å². The Hall–Kier alpha value is -1.88.